The maximum absolute atomic E-state index is 5.65. The van der Waals surface area contributed by atoms with Crippen molar-refractivity contribution in [2.24, 2.45) is 0 Å². The molecule has 11 aromatic carbocycles. The van der Waals surface area contributed by atoms with E-state index < -0.39 is 5.41 Å². The zero-order valence-electron chi connectivity index (χ0n) is 40.6. The highest BCUT2D eigenvalue weighted by Gasteiger charge is 2.52. The number of hydrogen-bond donors (Lipinski definition) is 0. The van der Waals surface area contributed by atoms with Gasteiger partial charge in [-0.05, 0) is 86.0 Å². The maximum atomic E-state index is 5.65. The average molecular weight is 954 g/mol. The fourth-order valence-electron chi connectivity index (χ4n) is 12.9. The fourth-order valence-corrected chi connectivity index (χ4v) is 12.9. The standard InChI is InChI=1S/C70H43N5/c1-3-20-44(21-4-1)46-24-19-25-47(42-46)49-39-38-48(43-64(49)74-61-35-16-10-28-52(61)53-29-11-17-36-62(53)74)68-71-67(45-22-5-2-6-23-45)72-69(73-68)75-63-37-18-12-30-54(63)55-40-41-60-65(66(55)75)56-31-9-15-34-59(56)70(60)57-32-13-7-26-50(57)51-27-8-14-33-58(51)70/h1-43H. The minimum atomic E-state index is -0.514. The second-order valence-corrected chi connectivity index (χ2v) is 19.8. The summed E-state index contributed by atoms with van der Waals surface area (Å²) in [5.41, 5.74) is 21.4. The Morgan fingerprint density at radius 3 is 1.43 bits per heavy atom. The van der Waals surface area contributed by atoms with Crippen LogP contribution in [0.4, 0.5) is 0 Å². The maximum Gasteiger partial charge on any atom is 0.238 e. The van der Waals surface area contributed by atoms with Gasteiger partial charge in [-0.3, -0.25) is 4.57 Å². The molecule has 2 aliphatic rings. The Labute approximate surface area is 433 Å². The van der Waals surface area contributed by atoms with E-state index in [2.05, 4.69) is 264 Å². The van der Waals surface area contributed by atoms with Crippen molar-refractivity contribution in [3.8, 4) is 78.9 Å². The Morgan fingerprint density at radius 2 is 0.773 bits per heavy atom. The predicted octanol–water partition coefficient (Wildman–Crippen LogP) is 17.1. The van der Waals surface area contributed by atoms with Gasteiger partial charge in [0.2, 0.25) is 5.95 Å². The van der Waals surface area contributed by atoms with Gasteiger partial charge in [0.25, 0.3) is 0 Å². The van der Waals surface area contributed by atoms with Gasteiger partial charge in [0, 0.05) is 43.8 Å². The van der Waals surface area contributed by atoms with Crippen LogP contribution in [0.25, 0.3) is 123 Å². The molecule has 0 bridgehead atoms. The van der Waals surface area contributed by atoms with E-state index >= 15 is 0 Å². The molecule has 0 fully saturated rings. The highest BCUT2D eigenvalue weighted by molar-refractivity contribution is 6.16. The molecule has 0 saturated heterocycles. The van der Waals surface area contributed by atoms with Crippen molar-refractivity contribution in [3.05, 3.63) is 283 Å². The molecule has 75 heavy (non-hydrogen) atoms. The summed E-state index contributed by atoms with van der Waals surface area (Å²) >= 11 is 0. The molecule has 5 nitrogen and oxygen atoms in total. The first-order valence-corrected chi connectivity index (χ1v) is 25.7. The SMILES string of the molecule is c1ccc(-c2cccc(-c3ccc(-c4nc(-c5ccccc5)nc(-n5c6ccccc6c6ccc7c(c65)-c5ccccc5C75c6ccccc6-c6ccccc65)n4)cc3-n3c4ccccc4c4ccccc43)c2)cc1. The predicted molar refractivity (Wildman–Crippen MR) is 307 cm³/mol. The molecular formula is C70H43N5. The summed E-state index contributed by atoms with van der Waals surface area (Å²) in [6.07, 6.45) is 0. The van der Waals surface area contributed by atoms with Crippen LogP contribution in [-0.4, -0.2) is 24.1 Å². The minimum Gasteiger partial charge on any atom is -0.309 e. The Balaban J connectivity index is 0.984. The third-order valence-electron chi connectivity index (χ3n) is 16.0. The van der Waals surface area contributed by atoms with Crippen molar-refractivity contribution in [1.82, 2.24) is 24.1 Å². The van der Waals surface area contributed by atoms with E-state index in [-0.39, 0.29) is 0 Å². The van der Waals surface area contributed by atoms with Crippen LogP contribution < -0.4 is 0 Å². The summed E-state index contributed by atoms with van der Waals surface area (Å²) in [6.45, 7) is 0. The van der Waals surface area contributed by atoms with E-state index in [1.165, 1.54) is 60.8 Å². The number of rotatable bonds is 6. The van der Waals surface area contributed by atoms with Crippen LogP contribution in [0, 0.1) is 0 Å². The molecule has 0 radical (unpaired) electrons. The fraction of sp³-hybridized carbons (Fsp3) is 0.0143. The monoisotopic (exact) mass is 953 g/mol. The van der Waals surface area contributed by atoms with Gasteiger partial charge in [0.15, 0.2) is 11.6 Å². The van der Waals surface area contributed by atoms with E-state index in [1.54, 1.807) is 0 Å². The molecule has 0 unspecified atom stereocenters. The molecule has 16 rings (SSSR count). The first kappa shape index (κ1) is 41.6. The highest BCUT2D eigenvalue weighted by Crippen LogP contribution is 2.64. The second-order valence-electron chi connectivity index (χ2n) is 19.8. The molecule has 0 atom stereocenters. The minimum absolute atomic E-state index is 0.514. The van der Waals surface area contributed by atoms with Gasteiger partial charge in [-0.15, -0.1) is 0 Å². The Hall–Kier alpha value is -9.97. The summed E-state index contributed by atoms with van der Waals surface area (Å²) in [6, 6.07) is 94.5. The van der Waals surface area contributed by atoms with Crippen LogP contribution in [0.15, 0.2) is 261 Å². The first-order valence-electron chi connectivity index (χ1n) is 25.7. The largest absolute Gasteiger partial charge is 0.309 e. The zero-order chi connectivity index (χ0) is 49.2. The van der Waals surface area contributed by atoms with Crippen molar-refractivity contribution < 1.29 is 0 Å². The summed E-state index contributed by atoms with van der Waals surface area (Å²) in [5.74, 6) is 1.74. The lowest BCUT2D eigenvalue weighted by Crippen LogP contribution is -2.25. The van der Waals surface area contributed by atoms with Gasteiger partial charge in [0.05, 0.1) is 33.2 Å². The Kier molecular flexibility index (Phi) is 8.89. The van der Waals surface area contributed by atoms with Crippen LogP contribution in [-0.2, 0) is 5.41 Å². The molecule has 2 aliphatic carbocycles. The lowest BCUT2D eigenvalue weighted by molar-refractivity contribution is 0.794. The van der Waals surface area contributed by atoms with E-state index in [1.807, 2.05) is 6.07 Å². The summed E-state index contributed by atoms with van der Waals surface area (Å²) < 4.78 is 4.74. The van der Waals surface area contributed by atoms with Crippen molar-refractivity contribution >= 4 is 43.6 Å². The molecule has 5 heteroatoms. The molecular weight excluding hydrogens is 911 g/mol. The van der Waals surface area contributed by atoms with Crippen LogP contribution >= 0.6 is 0 Å². The van der Waals surface area contributed by atoms with Crippen LogP contribution in [0.3, 0.4) is 0 Å². The number of benzene rings is 11. The molecule has 0 amide bonds. The molecule has 0 aliphatic heterocycles. The number of aromatic nitrogens is 5. The zero-order valence-corrected chi connectivity index (χ0v) is 40.6. The van der Waals surface area contributed by atoms with Gasteiger partial charge in [0.1, 0.15) is 0 Å². The van der Waals surface area contributed by atoms with Gasteiger partial charge in [-0.2, -0.15) is 9.97 Å². The molecule has 348 valence electrons. The van der Waals surface area contributed by atoms with Gasteiger partial charge in [-0.1, -0.05) is 231 Å². The number of para-hydroxylation sites is 3. The van der Waals surface area contributed by atoms with Crippen molar-refractivity contribution in [2.45, 2.75) is 5.41 Å². The summed E-state index contributed by atoms with van der Waals surface area (Å²) in [7, 11) is 0. The van der Waals surface area contributed by atoms with E-state index in [4.69, 9.17) is 15.0 Å². The number of fused-ring (bicyclic) bond motifs is 17. The van der Waals surface area contributed by atoms with Crippen molar-refractivity contribution in [3.63, 3.8) is 0 Å². The first-order chi connectivity index (χ1) is 37.2. The van der Waals surface area contributed by atoms with Crippen LogP contribution in [0.2, 0.25) is 0 Å². The van der Waals surface area contributed by atoms with Gasteiger partial charge in [-0.25, -0.2) is 4.98 Å². The topological polar surface area (TPSA) is 48.5 Å². The third kappa shape index (κ3) is 5.92. The molecule has 1 spiro atoms. The number of nitrogens with zero attached hydrogens (tertiary/aromatic N) is 5. The second kappa shape index (κ2) is 16.0. The van der Waals surface area contributed by atoms with Crippen molar-refractivity contribution in [1.29, 1.82) is 0 Å². The highest BCUT2D eigenvalue weighted by atomic mass is 15.2. The Bertz CT molecular complexity index is 4560. The smallest absolute Gasteiger partial charge is 0.238 e. The van der Waals surface area contributed by atoms with E-state index in [0.29, 0.717) is 17.6 Å². The quantitative estimate of drug-likeness (QED) is 0.167. The van der Waals surface area contributed by atoms with Crippen molar-refractivity contribution in [2.75, 3.05) is 0 Å². The number of hydrogen-bond acceptors (Lipinski definition) is 3. The summed E-state index contributed by atoms with van der Waals surface area (Å²) in [4.78, 5) is 16.6. The molecule has 3 aromatic heterocycles. The Morgan fingerprint density at radius 1 is 0.280 bits per heavy atom. The molecule has 14 aromatic rings. The molecule has 3 heterocycles. The average Bonchev–Trinajstić information content (AvgIpc) is 4.20. The van der Waals surface area contributed by atoms with Gasteiger partial charge >= 0.3 is 0 Å². The normalized spacial score (nSPS) is 12.9. The molecule has 0 N–H and O–H groups in total. The third-order valence-corrected chi connectivity index (χ3v) is 16.0. The van der Waals surface area contributed by atoms with Crippen LogP contribution in [0.1, 0.15) is 22.3 Å². The van der Waals surface area contributed by atoms with Crippen LogP contribution in [0.5, 0.6) is 0 Å². The molecule has 0 saturated carbocycles. The lowest BCUT2D eigenvalue weighted by atomic mass is 9.70. The summed E-state index contributed by atoms with van der Waals surface area (Å²) in [5, 5.41) is 4.68. The lowest BCUT2D eigenvalue weighted by Gasteiger charge is -2.30. The van der Waals surface area contributed by atoms with E-state index in [0.717, 1.165) is 66.3 Å². The van der Waals surface area contributed by atoms with Gasteiger partial charge < -0.3 is 4.57 Å². The van der Waals surface area contributed by atoms with E-state index in [9.17, 15) is 0 Å².